The zero-order valence-electron chi connectivity index (χ0n) is 21.9. The van der Waals surface area contributed by atoms with Gasteiger partial charge in [-0.25, -0.2) is 8.42 Å². The second kappa shape index (κ2) is 16.3. The zero-order valence-corrected chi connectivity index (χ0v) is 22.7. The molecule has 0 aliphatic rings. The van der Waals surface area contributed by atoms with Crippen molar-refractivity contribution < 1.29 is 13.5 Å². The molecule has 0 fully saturated rings. The summed E-state index contributed by atoms with van der Waals surface area (Å²) in [5, 5.41) is 9.38. The van der Waals surface area contributed by atoms with Crippen LogP contribution in [-0.2, 0) is 9.84 Å². The SMILES string of the molecule is CC(C)=CCC/C(C)=C/CC/C(C)=C/CC/C(C)=C/CC/C(C)=C/C(O)S(=O)(=O)C(C)C. The van der Waals surface area contributed by atoms with Crippen molar-refractivity contribution in [2.45, 2.75) is 117 Å². The van der Waals surface area contributed by atoms with Crippen LogP contribution in [0.1, 0.15) is 107 Å². The van der Waals surface area contributed by atoms with Crippen LogP contribution in [-0.4, -0.2) is 24.2 Å². The van der Waals surface area contributed by atoms with Crippen molar-refractivity contribution >= 4 is 9.84 Å². The summed E-state index contributed by atoms with van der Waals surface area (Å²) in [4.78, 5) is 0. The molecule has 0 spiro atoms. The predicted octanol–water partition coefficient (Wildman–Crippen LogP) is 8.00. The third-order valence-corrected chi connectivity index (χ3v) is 7.73. The molecule has 0 radical (unpaired) electrons. The summed E-state index contributed by atoms with van der Waals surface area (Å²) in [6.45, 7) is 16.0. The van der Waals surface area contributed by atoms with Crippen LogP contribution in [0.25, 0.3) is 0 Å². The van der Waals surface area contributed by atoms with E-state index in [0.717, 1.165) is 56.9 Å². The van der Waals surface area contributed by atoms with Gasteiger partial charge < -0.3 is 5.11 Å². The summed E-state index contributed by atoms with van der Waals surface area (Å²) in [6.07, 6.45) is 19.0. The van der Waals surface area contributed by atoms with Gasteiger partial charge in [0.15, 0.2) is 15.3 Å². The van der Waals surface area contributed by atoms with Crippen molar-refractivity contribution in [1.29, 1.82) is 0 Å². The first-order valence-electron chi connectivity index (χ1n) is 12.0. The molecule has 1 N–H and O–H groups in total. The first-order valence-corrected chi connectivity index (χ1v) is 13.7. The predicted molar refractivity (Wildman–Crippen MR) is 141 cm³/mol. The van der Waals surface area contributed by atoms with Gasteiger partial charge in [0, 0.05) is 0 Å². The van der Waals surface area contributed by atoms with Gasteiger partial charge in [0.25, 0.3) is 0 Å². The van der Waals surface area contributed by atoms with Gasteiger partial charge in [0.05, 0.1) is 5.25 Å². The molecule has 0 bridgehead atoms. The van der Waals surface area contributed by atoms with Gasteiger partial charge in [-0.05, 0) is 113 Å². The molecule has 3 nitrogen and oxygen atoms in total. The van der Waals surface area contributed by atoms with Crippen LogP contribution < -0.4 is 0 Å². The van der Waals surface area contributed by atoms with Crippen molar-refractivity contribution in [3.63, 3.8) is 0 Å². The molecule has 0 saturated carbocycles. The minimum Gasteiger partial charge on any atom is -0.374 e. The maximum Gasteiger partial charge on any atom is 0.182 e. The first-order chi connectivity index (χ1) is 14.9. The fraction of sp³-hybridized carbons (Fsp3) is 0.643. The van der Waals surface area contributed by atoms with Crippen molar-refractivity contribution in [2.24, 2.45) is 0 Å². The summed E-state index contributed by atoms with van der Waals surface area (Å²) >= 11 is 0. The molecule has 32 heavy (non-hydrogen) atoms. The van der Waals surface area contributed by atoms with E-state index >= 15 is 0 Å². The molecular weight excluding hydrogens is 416 g/mol. The van der Waals surface area contributed by atoms with Gasteiger partial charge in [0.1, 0.15) is 0 Å². The maximum absolute atomic E-state index is 12.0. The normalized spacial score (nSPS) is 15.3. The molecule has 4 heteroatoms. The monoisotopic (exact) mass is 464 g/mol. The average Bonchev–Trinajstić information content (AvgIpc) is 2.67. The lowest BCUT2D eigenvalue weighted by molar-refractivity contribution is 0.291. The van der Waals surface area contributed by atoms with Crippen LogP contribution >= 0.6 is 0 Å². The Morgan fingerprint density at radius 3 is 1.34 bits per heavy atom. The lowest BCUT2D eigenvalue weighted by atomic mass is 10.0. The number of sulfone groups is 1. The number of aliphatic hydroxyl groups excluding tert-OH is 1. The molecule has 0 heterocycles. The number of rotatable bonds is 15. The van der Waals surface area contributed by atoms with E-state index in [9.17, 15) is 13.5 Å². The third-order valence-electron chi connectivity index (χ3n) is 5.61. The fourth-order valence-electron chi connectivity index (χ4n) is 3.23. The molecule has 0 aliphatic heterocycles. The molecule has 1 atom stereocenters. The molecule has 0 amide bonds. The number of hydrogen-bond donors (Lipinski definition) is 1. The fourth-order valence-corrected chi connectivity index (χ4v) is 4.21. The van der Waals surface area contributed by atoms with Gasteiger partial charge in [-0.2, -0.15) is 0 Å². The number of allylic oxidation sites excluding steroid dienone is 9. The van der Waals surface area contributed by atoms with Crippen molar-refractivity contribution in [3.8, 4) is 0 Å². The molecule has 184 valence electrons. The Labute approximate surface area is 199 Å². The standard InChI is InChI=1S/C28H48O3S/c1-22(2)13-9-14-24(5)15-10-16-25(6)17-11-18-26(7)19-12-20-27(8)21-28(29)32(30,31)23(3)4/h13,15,17,19,21,23,28-29H,9-12,14,16,18,20H2,1-8H3/b24-15+,25-17+,26-19+,27-21+. The second-order valence-corrected chi connectivity index (χ2v) is 12.2. The van der Waals surface area contributed by atoms with Crippen LogP contribution in [0.2, 0.25) is 0 Å². The smallest absolute Gasteiger partial charge is 0.182 e. The Bertz CT molecular complexity index is 802. The van der Waals surface area contributed by atoms with Crippen molar-refractivity contribution in [2.75, 3.05) is 0 Å². The van der Waals surface area contributed by atoms with Crippen LogP contribution in [0.5, 0.6) is 0 Å². The largest absolute Gasteiger partial charge is 0.374 e. The van der Waals surface area contributed by atoms with Crippen LogP contribution in [0.15, 0.2) is 58.2 Å². The maximum atomic E-state index is 12.0. The molecule has 1 unspecified atom stereocenters. The van der Waals surface area contributed by atoms with E-state index in [4.69, 9.17) is 0 Å². The van der Waals surface area contributed by atoms with E-state index in [1.54, 1.807) is 13.8 Å². The van der Waals surface area contributed by atoms with E-state index in [1.165, 1.54) is 28.4 Å². The van der Waals surface area contributed by atoms with Gasteiger partial charge >= 0.3 is 0 Å². The van der Waals surface area contributed by atoms with Crippen LogP contribution in [0, 0.1) is 0 Å². The summed E-state index contributed by atoms with van der Waals surface area (Å²) in [5.74, 6) is 0. The molecule has 0 aromatic carbocycles. The van der Waals surface area contributed by atoms with E-state index in [-0.39, 0.29) is 0 Å². The van der Waals surface area contributed by atoms with Gasteiger partial charge in [-0.1, -0.05) is 52.2 Å². The summed E-state index contributed by atoms with van der Waals surface area (Å²) in [5.41, 5.74) is 5.18. The van der Waals surface area contributed by atoms with Crippen molar-refractivity contribution in [3.05, 3.63) is 58.2 Å². The highest BCUT2D eigenvalue weighted by Gasteiger charge is 2.24. The van der Waals surface area contributed by atoms with Crippen LogP contribution in [0.3, 0.4) is 0 Å². The molecule has 0 saturated heterocycles. The van der Waals surface area contributed by atoms with Crippen LogP contribution in [0.4, 0.5) is 0 Å². The number of aliphatic hydroxyl groups is 1. The topological polar surface area (TPSA) is 54.4 Å². The van der Waals surface area contributed by atoms with Crippen molar-refractivity contribution in [1.82, 2.24) is 0 Å². The van der Waals surface area contributed by atoms with Gasteiger partial charge in [-0.15, -0.1) is 0 Å². The summed E-state index contributed by atoms with van der Waals surface area (Å²) in [7, 11) is -3.50. The minimum atomic E-state index is -3.50. The minimum absolute atomic E-state index is 0.576. The number of hydrogen-bond acceptors (Lipinski definition) is 3. The Morgan fingerprint density at radius 2 is 1.00 bits per heavy atom. The summed E-state index contributed by atoms with van der Waals surface area (Å²) < 4.78 is 23.9. The lowest BCUT2D eigenvalue weighted by Gasteiger charge is -2.12. The molecule has 0 aromatic rings. The second-order valence-electron chi connectivity index (χ2n) is 9.63. The molecule has 0 aromatic heterocycles. The highest BCUT2D eigenvalue weighted by atomic mass is 32.2. The Morgan fingerprint density at radius 1 is 0.656 bits per heavy atom. The first kappa shape index (κ1) is 30.6. The third kappa shape index (κ3) is 14.6. The highest BCUT2D eigenvalue weighted by Crippen LogP contribution is 2.16. The Kier molecular flexibility index (Phi) is 15.6. The zero-order chi connectivity index (χ0) is 24.7. The quantitative estimate of drug-likeness (QED) is 0.250. The van der Waals surface area contributed by atoms with E-state index in [1.807, 2.05) is 6.92 Å². The average molecular weight is 465 g/mol. The molecule has 0 rings (SSSR count). The Hall–Kier alpha value is -1.39. The van der Waals surface area contributed by atoms with E-state index in [2.05, 4.69) is 58.9 Å². The summed E-state index contributed by atoms with van der Waals surface area (Å²) in [6, 6.07) is 0. The molecular formula is C28H48O3S. The highest BCUT2D eigenvalue weighted by molar-refractivity contribution is 7.92. The van der Waals surface area contributed by atoms with E-state index < -0.39 is 20.5 Å². The van der Waals surface area contributed by atoms with Gasteiger partial charge in [-0.3, -0.25) is 0 Å². The van der Waals surface area contributed by atoms with Gasteiger partial charge in [0.2, 0.25) is 0 Å². The molecule has 0 aliphatic carbocycles. The lowest BCUT2D eigenvalue weighted by Crippen LogP contribution is -2.26. The Balaban J connectivity index is 4.33. The van der Waals surface area contributed by atoms with E-state index in [0.29, 0.717) is 0 Å².